The number of hydrogen-bond acceptors (Lipinski definition) is 3. The molecular formula is C28H23NO2S. The van der Waals surface area contributed by atoms with Crippen LogP contribution < -0.4 is 0 Å². The smallest absolute Gasteiger partial charge is 0.328 e. The van der Waals surface area contributed by atoms with Crippen molar-refractivity contribution in [1.29, 1.82) is 0 Å². The SMILES string of the molecule is CCC(=C(c1ccc(C=CC(=O)O)cc1)c1cccc(-c2nccs2)c1)c1ccccc1. The van der Waals surface area contributed by atoms with Crippen molar-refractivity contribution in [1.82, 2.24) is 4.98 Å². The van der Waals surface area contributed by atoms with E-state index in [-0.39, 0.29) is 0 Å². The molecule has 3 nitrogen and oxygen atoms in total. The maximum absolute atomic E-state index is 10.8. The lowest BCUT2D eigenvalue weighted by Crippen LogP contribution is -1.96. The largest absolute Gasteiger partial charge is 0.478 e. The van der Waals surface area contributed by atoms with E-state index in [2.05, 4.69) is 72.6 Å². The zero-order valence-corrected chi connectivity index (χ0v) is 18.5. The van der Waals surface area contributed by atoms with E-state index in [0.717, 1.165) is 39.8 Å². The van der Waals surface area contributed by atoms with Gasteiger partial charge in [-0.25, -0.2) is 9.78 Å². The highest BCUT2D eigenvalue weighted by Gasteiger charge is 2.14. The van der Waals surface area contributed by atoms with E-state index in [1.165, 1.54) is 16.7 Å². The first kappa shape index (κ1) is 21.5. The number of benzene rings is 3. The summed E-state index contributed by atoms with van der Waals surface area (Å²) >= 11 is 1.63. The molecule has 0 fully saturated rings. The quantitative estimate of drug-likeness (QED) is 0.244. The van der Waals surface area contributed by atoms with Gasteiger partial charge in [0.2, 0.25) is 0 Å². The fourth-order valence-electron chi connectivity index (χ4n) is 3.78. The van der Waals surface area contributed by atoms with Gasteiger partial charge in [0, 0.05) is 23.2 Å². The van der Waals surface area contributed by atoms with Crippen molar-refractivity contribution >= 4 is 34.5 Å². The molecule has 32 heavy (non-hydrogen) atoms. The molecule has 1 heterocycles. The zero-order chi connectivity index (χ0) is 22.3. The Kier molecular flexibility index (Phi) is 6.73. The molecule has 0 unspecified atom stereocenters. The lowest BCUT2D eigenvalue weighted by atomic mass is 9.87. The Bertz CT molecular complexity index is 1250. The number of carboxylic acids is 1. The number of allylic oxidation sites excluding steroid dienone is 1. The topological polar surface area (TPSA) is 50.2 Å². The molecule has 0 bridgehead atoms. The fourth-order valence-corrected chi connectivity index (χ4v) is 4.42. The number of aromatic nitrogens is 1. The number of rotatable bonds is 7. The highest BCUT2D eigenvalue weighted by Crippen LogP contribution is 2.36. The Balaban J connectivity index is 1.88. The maximum Gasteiger partial charge on any atom is 0.328 e. The number of nitrogens with zero attached hydrogens (tertiary/aromatic N) is 1. The van der Waals surface area contributed by atoms with E-state index in [9.17, 15) is 4.79 Å². The van der Waals surface area contributed by atoms with Crippen molar-refractivity contribution in [3.8, 4) is 10.6 Å². The van der Waals surface area contributed by atoms with E-state index in [0.29, 0.717) is 0 Å². The van der Waals surface area contributed by atoms with Crippen molar-refractivity contribution in [2.45, 2.75) is 13.3 Å². The minimum absolute atomic E-state index is 0.852. The van der Waals surface area contributed by atoms with E-state index < -0.39 is 5.97 Å². The number of hydrogen-bond donors (Lipinski definition) is 1. The van der Waals surface area contributed by atoms with E-state index in [1.807, 2.05) is 29.8 Å². The second kappa shape index (κ2) is 10.0. The average Bonchev–Trinajstić information content (AvgIpc) is 3.37. The summed E-state index contributed by atoms with van der Waals surface area (Å²) in [6.45, 7) is 2.18. The van der Waals surface area contributed by atoms with Crippen molar-refractivity contribution in [3.05, 3.63) is 119 Å². The fraction of sp³-hybridized carbons (Fsp3) is 0.0714. The summed E-state index contributed by atoms with van der Waals surface area (Å²) in [6.07, 6.45) is 5.47. The van der Waals surface area contributed by atoms with Crippen molar-refractivity contribution in [2.75, 3.05) is 0 Å². The lowest BCUT2D eigenvalue weighted by Gasteiger charge is -2.17. The molecule has 0 spiro atoms. The minimum Gasteiger partial charge on any atom is -0.478 e. The van der Waals surface area contributed by atoms with E-state index >= 15 is 0 Å². The van der Waals surface area contributed by atoms with Crippen molar-refractivity contribution in [2.24, 2.45) is 0 Å². The number of carbonyl (C=O) groups is 1. The van der Waals surface area contributed by atoms with Gasteiger partial charge >= 0.3 is 5.97 Å². The molecule has 0 saturated heterocycles. The second-order valence-corrected chi connectivity index (χ2v) is 8.18. The molecule has 0 radical (unpaired) electrons. The first-order valence-corrected chi connectivity index (χ1v) is 11.3. The van der Waals surface area contributed by atoms with Crippen LogP contribution in [-0.4, -0.2) is 16.1 Å². The molecule has 1 aromatic heterocycles. The van der Waals surface area contributed by atoms with Gasteiger partial charge in [0.1, 0.15) is 5.01 Å². The monoisotopic (exact) mass is 437 g/mol. The van der Waals surface area contributed by atoms with Gasteiger partial charge in [-0.2, -0.15) is 0 Å². The maximum atomic E-state index is 10.8. The Hall–Kier alpha value is -3.76. The van der Waals surface area contributed by atoms with Gasteiger partial charge in [0.15, 0.2) is 0 Å². The van der Waals surface area contributed by atoms with Gasteiger partial charge in [0.25, 0.3) is 0 Å². The summed E-state index contributed by atoms with van der Waals surface area (Å²) < 4.78 is 0. The van der Waals surface area contributed by atoms with Gasteiger partial charge < -0.3 is 5.11 Å². The lowest BCUT2D eigenvalue weighted by molar-refractivity contribution is -0.131. The molecule has 3 aromatic carbocycles. The zero-order valence-electron chi connectivity index (χ0n) is 17.7. The van der Waals surface area contributed by atoms with Crippen LogP contribution in [0.25, 0.3) is 27.8 Å². The third kappa shape index (κ3) is 4.93. The predicted octanol–water partition coefficient (Wildman–Crippen LogP) is 7.28. The summed E-state index contributed by atoms with van der Waals surface area (Å²) in [5.41, 5.74) is 7.80. The van der Waals surface area contributed by atoms with Gasteiger partial charge in [-0.15, -0.1) is 11.3 Å². The molecule has 158 valence electrons. The molecule has 0 aliphatic rings. The van der Waals surface area contributed by atoms with Crippen LogP contribution >= 0.6 is 11.3 Å². The van der Waals surface area contributed by atoms with Gasteiger partial charge in [-0.3, -0.25) is 0 Å². The summed E-state index contributed by atoms with van der Waals surface area (Å²) in [6, 6.07) is 27.0. The second-order valence-electron chi connectivity index (χ2n) is 7.28. The molecule has 0 atom stereocenters. The highest BCUT2D eigenvalue weighted by atomic mass is 32.1. The molecule has 1 N–H and O–H groups in total. The standard InChI is InChI=1S/C28H23NO2S/c1-2-25(21-7-4-3-5-8-21)27(22-14-11-20(12-15-22)13-16-26(30)31)23-9-6-10-24(19-23)28-29-17-18-32-28/h3-19H,2H2,1H3,(H,30,31). The summed E-state index contributed by atoms with van der Waals surface area (Å²) in [7, 11) is 0. The number of aliphatic carboxylic acids is 1. The summed E-state index contributed by atoms with van der Waals surface area (Å²) in [4.78, 5) is 15.3. The normalized spacial score (nSPS) is 12.0. The van der Waals surface area contributed by atoms with Gasteiger partial charge in [0.05, 0.1) is 0 Å². The van der Waals surface area contributed by atoms with Crippen LogP contribution in [-0.2, 0) is 4.79 Å². The first-order valence-electron chi connectivity index (χ1n) is 10.5. The molecule has 0 aliphatic carbocycles. The van der Waals surface area contributed by atoms with Crippen LogP contribution in [0.5, 0.6) is 0 Å². The number of thiazole rings is 1. The molecule has 0 saturated carbocycles. The Morgan fingerprint density at radius 2 is 1.69 bits per heavy atom. The molecule has 0 amide bonds. The molecular weight excluding hydrogens is 414 g/mol. The van der Waals surface area contributed by atoms with Crippen molar-refractivity contribution < 1.29 is 9.90 Å². The molecule has 4 aromatic rings. The Labute approximate surface area is 192 Å². The van der Waals surface area contributed by atoms with Crippen LogP contribution in [0.1, 0.15) is 35.6 Å². The molecule has 4 heteroatoms. The predicted molar refractivity (Wildman–Crippen MR) is 133 cm³/mol. The summed E-state index contributed by atoms with van der Waals surface area (Å²) in [5.74, 6) is -0.953. The van der Waals surface area contributed by atoms with Crippen LogP contribution in [0.4, 0.5) is 0 Å². The van der Waals surface area contributed by atoms with Crippen molar-refractivity contribution in [3.63, 3.8) is 0 Å². The third-order valence-electron chi connectivity index (χ3n) is 5.23. The van der Waals surface area contributed by atoms with Crippen LogP contribution in [0.2, 0.25) is 0 Å². The molecule has 4 rings (SSSR count). The van der Waals surface area contributed by atoms with Crippen LogP contribution in [0.3, 0.4) is 0 Å². The average molecular weight is 438 g/mol. The van der Waals surface area contributed by atoms with E-state index in [1.54, 1.807) is 17.4 Å². The Morgan fingerprint density at radius 1 is 0.938 bits per heavy atom. The highest BCUT2D eigenvalue weighted by molar-refractivity contribution is 7.13. The first-order chi connectivity index (χ1) is 15.7. The number of carboxylic acid groups (broad SMARTS) is 1. The summed E-state index contributed by atoms with van der Waals surface area (Å²) in [5, 5.41) is 11.9. The van der Waals surface area contributed by atoms with E-state index in [4.69, 9.17) is 5.11 Å². The third-order valence-corrected chi connectivity index (χ3v) is 6.05. The van der Waals surface area contributed by atoms with Gasteiger partial charge in [-0.1, -0.05) is 79.7 Å². The van der Waals surface area contributed by atoms with Crippen LogP contribution in [0, 0.1) is 0 Å². The Morgan fingerprint density at radius 3 is 2.34 bits per heavy atom. The molecule has 0 aliphatic heterocycles. The van der Waals surface area contributed by atoms with Gasteiger partial charge in [-0.05, 0) is 52.0 Å². The minimum atomic E-state index is -0.953. The van der Waals surface area contributed by atoms with Crippen LogP contribution in [0.15, 0.2) is 96.5 Å².